The molecule has 1 unspecified atom stereocenters. The molecule has 0 aliphatic heterocycles. The second kappa shape index (κ2) is 7.63. The second-order valence-electron chi connectivity index (χ2n) is 5.44. The lowest BCUT2D eigenvalue weighted by atomic mass is 9.97. The van der Waals surface area contributed by atoms with E-state index in [4.69, 9.17) is 14.7 Å². The zero-order valence-corrected chi connectivity index (χ0v) is 13.3. The zero-order valence-electron chi connectivity index (χ0n) is 13.3. The van der Waals surface area contributed by atoms with E-state index in [2.05, 4.69) is 25.1 Å². The summed E-state index contributed by atoms with van der Waals surface area (Å²) in [5.74, 6) is 1.07. The van der Waals surface area contributed by atoms with Crippen molar-refractivity contribution in [1.29, 1.82) is 5.26 Å². The fourth-order valence-corrected chi connectivity index (χ4v) is 2.47. The summed E-state index contributed by atoms with van der Waals surface area (Å²) in [6.45, 7) is 5.29. The third-order valence-corrected chi connectivity index (χ3v) is 3.70. The van der Waals surface area contributed by atoms with E-state index >= 15 is 0 Å². The number of methoxy groups -OCH3 is 1. The van der Waals surface area contributed by atoms with Crippen LogP contribution < -0.4 is 4.74 Å². The maximum absolute atomic E-state index is 8.99. The van der Waals surface area contributed by atoms with Crippen LogP contribution in [0, 0.1) is 18.3 Å². The summed E-state index contributed by atoms with van der Waals surface area (Å²) in [5, 5.41) is 8.99. The summed E-state index contributed by atoms with van der Waals surface area (Å²) in [4.78, 5) is 0. The largest absolute Gasteiger partial charge is 0.489 e. The minimum Gasteiger partial charge on any atom is -0.489 e. The zero-order chi connectivity index (χ0) is 15.9. The van der Waals surface area contributed by atoms with Crippen LogP contribution in [0.1, 0.15) is 35.1 Å². The van der Waals surface area contributed by atoms with Crippen molar-refractivity contribution < 1.29 is 9.47 Å². The number of ether oxygens (including phenoxy) is 2. The molecule has 22 heavy (non-hydrogen) atoms. The minimum atomic E-state index is 0.316. The van der Waals surface area contributed by atoms with Crippen molar-refractivity contribution in [3.8, 4) is 11.8 Å². The van der Waals surface area contributed by atoms with Crippen LogP contribution in [-0.4, -0.2) is 13.7 Å². The monoisotopic (exact) mass is 295 g/mol. The molecule has 0 amide bonds. The maximum atomic E-state index is 8.99. The van der Waals surface area contributed by atoms with Gasteiger partial charge in [0.15, 0.2) is 0 Å². The van der Waals surface area contributed by atoms with Crippen molar-refractivity contribution in [2.45, 2.75) is 26.4 Å². The first-order valence-corrected chi connectivity index (χ1v) is 7.36. The number of nitriles is 1. The Hall–Kier alpha value is -2.31. The van der Waals surface area contributed by atoms with Crippen molar-refractivity contribution in [3.63, 3.8) is 0 Å². The van der Waals surface area contributed by atoms with Gasteiger partial charge in [0.1, 0.15) is 12.4 Å². The van der Waals surface area contributed by atoms with Gasteiger partial charge >= 0.3 is 0 Å². The van der Waals surface area contributed by atoms with Gasteiger partial charge in [-0.1, -0.05) is 37.3 Å². The minimum absolute atomic E-state index is 0.316. The molecule has 0 N–H and O–H groups in total. The van der Waals surface area contributed by atoms with Crippen molar-refractivity contribution in [1.82, 2.24) is 0 Å². The van der Waals surface area contributed by atoms with Gasteiger partial charge in [0.2, 0.25) is 0 Å². The van der Waals surface area contributed by atoms with E-state index in [-0.39, 0.29) is 0 Å². The summed E-state index contributed by atoms with van der Waals surface area (Å²) < 4.78 is 11.2. The third-order valence-electron chi connectivity index (χ3n) is 3.70. The molecule has 0 saturated carbocycles. The molecule has 0 saturated heterocycles. The number of benzene rings is 2. The van der Waals surface area contributed by atoms with Crippen LogP contribution in [0.3, 0.4) is 0 Å². The maximum Gasteiger partial charge on any atom is 0.124 e. The molecular formula is C19H21NO2. The molecule has 0 aromatic heterocycles. The molecule has 2 aromatic carbocycles. The smallest absolute Gasteiger partial charge is 0.124 e. The van der Waals surface area contributed by atoms with Gasteiger partial charge < -0.3 is 9.47 Å². The Morgan fingerprint density at radius 1 is 1.18 bits per heavy atom. The van der Waals surface area contributed by atoms with Gasteiger partial charge in [-0.05, 0) is 35.7 Å². The normalized spacial score (nSPS) is 11.7. The van der Waals surface area contributed by atoms with E-state index in [0.717, 1.165) is 16.9 Å². The summed E-state index contributed by atoms with van der Waals surface area (Å²) in [7, 11) is 1.71. The molecule has 2 aromatic rings. The molecule has 0 aliphatic carbocycles. The van der Waals surface area contributed by atoms with E-state index in [0.29, 0.717) is 24.7 Å². The Morgan fingerprint density at radius 2 is 1.95 bits per heavy atom. The predicted molar refractivity (Wildman–Crippen MR) is 87.0 cm³/mol. The highest BCUT2D eigenvalue weighted by Gasteiger charge is 2.11. The average molecular weight is 295 g/mol. The molecule has 0 bridgehead atoms. The van der Waals surface area contributed by atoms with E-state index in [9.17, 15) is 0 Å². The standard InChI is InChI=1S/C19H21NO2/c1-14-8-9-16(11-20)10-19(14)22-13-17-6-4-5-7-18(17)15(2)12-21-3/h4-10,15H,12-13H2,1-3H3. The van der Waals surface area contributed by atoms with Gasteiger partial charge in [-0.2, -0.15) is 5.26 Å². The number of rotatable bonds is 6. The second-order valence-corrected chi connectivity index (χ2v) is 5.44. The Labute approximate surface area is 132 Å². The van der Waals surface area contributed by atoms with Crippen LogP contribution in [0.2, 0.25) is 0 Å². The van der Waals surface area contributed by atoms with Crippen LogP contribution >= 0.6 is 0 Å². The van der Waals surface area contributed by atoms with Gasteiger partial charge in [0.05, 0.1) is 18.2 Å². The number of aryl methyl sites for hydroxylation is 1. The highest BCUT2D eigenvalue weighted by atomic mass is 16.5. The van der Waals surface area contributed by atoms with Crippen LogP contribution in [0.15, 0.2) is 42.5 Å². The lowest BCUT2D eigenvalue weighted by Crippen LogP contribution is -2.07. The van der Waals surface area contributed by atoms with E-state index < -0.39 is 0 Å². The first-order valence-electron chi connectivity index (χ1n) is 7.36. The number of hydrogen-bond acceptors (Lipinski definition) is 3. The third kappa shape index (κ3) is 3.87. The Balaban J connectivity index is 2.17. The lowest BCUT2D eigenvalue weighted by Gasteiger charge is -2.17. The summed E-state index contributed by atoms with van der Waals surface area (Å²) in [6.07, 6.45) is 0. The summed E-state index contributed by atoms with van der Waals surface area (Å²) in [6, 6.07) is 15.9. The molecule has 0 aliphatic rings. The first kappa shape index (κ1) is 16.1. The van der Waals surface area contributed by atoms with Gasteiger partial charge in [0, 0.05) is 13.0 Å². The molecular weight excluding hydrogens is 274 g/mol. The van der Waals surface area contributed by atoms with Crippen molar-refractivity contribution in [2.24, 2.45) is 0 Å². The molecule has 2 rings (SSSR count). The van der Waals surface area contributed by atoms with Crippen LogP contribution in [0.4, 0.5) is 0 Å². The summed E-state index contributed by atoms with van der Waals surface area (Å²) >= 11 is 0. The van der Waals surface area contributed by atoms with E-state index in [1.54, 1.807) is 19.2 Å². The van der Waals surface area contributed by atoms with Crippen LogP contribution in [0.5, 0.6) is 5.75 Å². The van der Waals surface area contributed by atoms with Gasteiger partial charge in [-0.15, -0.1) is 0 Å². The van der Waals surface area contributed by atoms with Crippen molar-refractivity contribution >= 4 is 0 Å². The molecule has 3 heteroatoms. The fourth-order valence-electron chi connectivity index (χ4n) is 2.47. The SMILES string of the molecule is COCC(C)c1ccccc1COc1cc(C#N)ccc1C. The first-order chi connectivity index (χ1) is 10.7. The van der Waals surface area contributed by atoms with Crippen molar-refractivity contribution in [2.75, 3.05) is 13.7 Å². The number of hydrogen-bond donors (Lipinski definition) is 0. The van der Waals surface area contributed by atoms with E-state index in [1.807, 2.05) is 25.1 Å². The highest BCUT2D eigenvalue weighted by molar-refractivity contribution is 5.42. The molecule has 0 heterocycles. The lowest BCUT2D eigenvalue weighted by molar-refractivity contribution is 0.183. The van der Waals surface area contributed by atoms with Gasteiger partial charge in [-0.25, -0.2) is 0 Å². The van der Waals surface area contributed by atoms with Crippen LogP contribution in [0.25, 0.3) is 0 Å². The van der Waals surface area contributed by atoms with Gasteiger partial charge in [-0.3, -0.25) is 0 Å². The van der Waals surface area contributed by atoms with Crippen LogP contribution in [-0.2, 0) is 11.3 Å². The molecule has 114 valence electrons. The molecule has 3 nitrogen and oxygen atoms in total. The molecule has 1 atom stereocenters. The molecule has 0 spiro atoms. The topological polar surface area (TPSA) is 42.2 Å². The average Bonchev–Trinajstić information content (AvgIpc) is 2.54. The Kier molecular flexibility index (Phi) is 5.57. The number of nitrogens with zero attached hydrogens (tertiary/aromatic N) is 1. The highest BCUT2D eigenvalue weighted by Crippen LogP contribution is 2.24. The fraction of sp³-hybridized carbons (Fsp3) is 0.316. The van der Waals surface area contributed by atoms with Gasteiger partial charge in [0.25, 0.3) is 0 Å². The Bertz CT molecular complexity index is 673. The van der Waals surface area contributed by atoms with E-state index in [1.165, 1.54) is 5.56 Å². The predicted octanol–water partition coefficient (Wildman–Crippen LogP) is 4.20. The quantitative estimate of drug-likeness (QED) is 0.802. The Morgan fingerprint density at radius 3 is 2.68 bits per heavy atom. The summed E-state index contributed by atoms with van der Waals surface area (Å²) in [5.41, 5.74) is 4.02. The molecule has 0 fully saturated rings. The molecule has 0 radical (unpaired) electrons. The van der Waals surface area contributed by atoms with Crippen molar-refractivity contribution in [3.05, 3.63) is 64.7 Å².